The van der Waals surface area contributed by atoms with Gasteiger partial charge in [0.25, 0.3) is 5.56 Å². The standard InChI is InChI=1S/C12H21N3O2/c1-4-12(3,17-5-2)11-14-9(6-7-13)8-10(16)15-11/h8H,4-7,13H2,1-3H3,(H,14,15,16). The van der Waals surface area contributed by atoms with Crippen LogP contribution in [0.2, 0.25) is 0 Å². The van der Waals surface area contributed by atoms with Gasteiger partial charge in [-0.1, -0.05) is 6.92 Å². The summed E-state index contributed by atoms with van der Waals surface area (Å²) in [5.74, 6) is 0.581. The third-order valence-electron chi connectivity index (χ3n) is 2.83. The number of nitrogens with one attached hydrogen (secondary N) is 1. The fraction of sp³-hybridized carbons (Fsp3) is 0.667. The number of rotatable bonds is 6. The Morgan fingerprint density at radius 2 is 2.24 bits per heavy atom. The molecule has 0 bridgehead atoms. The Bertz CT molecular complexity index is 416. The molecule has 0 spiro atoms. The summed E-state index contributed by atoms with van der Waals surface area (Å²) in [6.07, 6.45) is 1.35. The molecule has 0 amide bonds. The van der Waals surface area contributed by atoms with Gasteiger partial charge in [0.2, 0.25) is 0 Å². The van der Waals surface area contributed by atoms with Crippen molar-refractivity contribution < 1.29 is 4.74 Å². The monoisotopic (exact) mass is 239 g/mol. The van der Waals surface area contributed by atoms with E-state index in [4.69, 9.17) is 10.5 Å². The van der Waals surface area contributed by atoms with Crippen LogP contribution in [0.3, 0.4) is 0 Å². The second kappa shape index (κ2) is 5.93. The smallest absolute Gasteiger partial charge is 0.251 e. The van der Waals surface area contributed by atoms with Gasteiger partial charge >= 0.3 is 0 Å². The molecule has 1 aromatic heterocycles. The van der Waals surface area contributed by atoms with Gasteiger partial charge in [-0.2, -0.15) is 0 Å². The Morgan fingerprint density at radius 3 is 2.76 bits per heavy atom. The molecule has 0 fully saturated rings. The molecular formula is C12H21N3O2. The molecule has 3 N–H and O–H groups in total. The first kappa shape index (κ1) is 13.9. The molecule has 96 valence electrons. The summed E-state index contributed by atoms with van der Waals surface area (Å²) in [5.41, 5.74) is 5.49. The van der Waals surface area contributed by atoms with E-state index in [-0.39, 0.29) is 5.56 Å². The summed E-state index contributed by atoms with van der Waals surface area (Å²) in [7, 11) is 0. The molecule has 1 aromatic rings. The zero-order valence-electron chi connectivity index (χ0n) is 10.7. The molecule has 0 aliphatic rings. The minimum atomic E-state index is -0.543. The molecule has 0 saturated carbocycles. The number of aromatic nitrogens is 2. The van der Waals surface area contributed by atoms with Crippen molar-refractivity contribution in [2.24, 2.45) is 5.73 Å². The van der Waals surface area contributed by atoms with Gasteiger partial charge in [-0.3, -0.25) is 4.79 Å². The molecule has 0 saturated heterocycles. The highest BCUT2D eigenvalue weighted by Crippen LogP contribution is 2.25. The third kappa shape index (κ3) is 3.38. The highest BCUT2D eigenvalue weighted by molar-refractivity contribution is 5.08. The van der Waals surface area contributed by atoms with E-state index in [0.717, 1.165) is 6.42 Å². The van der Waals surface area contributed by atoms with E-state index in [9.17, 15) is 4.79 Å². The molecule has 1 unspecified atom stereocenters. The number of nitrogens with two attached hydrogens (primary N) is 1. The average Bonchev–Trinajstić information content (AvgIpc) is 2.29. The van der Waals surface area contributed by atoms with Gasteiger partial charge in [0.15, 0.2) is 0 Å². The second-order valence-corrected chi connectivity index (χ2v) is 4.14. The van der Waals surface area contributed by atoms with Crippen LogP contribution >= 0.6 is 0 Å². The van der Waals surface area contributed by atoms with Crippen LogP contribution in [0.1, 0.15) is 38.7 Å². The number of ether oxygens (including phenoxy) is 1. The molecule has 0 aliphatic heterocycles. The first-order chi connectivity index (χ1) is 8.05. The molecule has 5 nitrogen and oxygen atoms in total. The summed E-state index contributed by atoms with van der Waals surface area (Å²) in [4.78, 5) is 18.7. The highest BCUT2D eigenvalue weighted by Gasteiger charge is 2.28. The Hall–Kier alpha value is -1.20. The zero-order valence-corrected chi connectivity index (χ0v) is 10.7. The molecule has 0 aromatic carbocycles. The fourth-order valence-corrected chi connectivity index (χ4v) is 1.69. The van der Waals surface area contributed by atoms with Crippen molar-refractivity contribution in [3.8, 4) is 0 Å². The summed E-state index contributed by atoms with van der Waals surface area (Å²) in [6, 6.07) is 1.48. The quantitative estimate of drug-likeness (QED) is 0.774. The van der Waals surface area contributed by atoms with E-state index in [0.29, 0.717) is 31.1 Å². The van der Waals surface area contributed by atoms with Gasteiger partial charge in [0.05, 0.1) is 0 Å². The van der Waals surface area contributed by atoms with Crippen LogP contribution < -0.4 is 11.3 Å². The Kier molecular flexibility index (Phi) is 4.84. The van der Waals surface area contributed by atoms with Crippen molar-refractivity contribution in [3.05, 3.63) is 27.9 Å². The van der Waals surface area contributed by atoms with Gasteiger partial charge in [-0.25, -0.2) is 4.98 Å². The molecule has 17 heavy (non-hydrogen) atoms. The van der Waals surface area contributed by atoms with Crippen molar-refractivity contribution in [1.29, 1.82) is 0 Å². The van der Waals surface area contributed by atoms with Crippen LogP contribution in [0.15, 0.2) is 10.9 Å². The van der Waals surface area contributed by atoms with Gasteiger partial charge in [-0.05, 0) is 26.8 Å². The Balaban J connectivity index is 3.15. The predicted molar refractivity (Wildman–Crippen MR) is 66.9 cm³/mol. The van der Waals surface area contributed by atoms with E-state index in [1.807, 2.05) is 20.8 Å². The minimum absolute atomic E-state index is 0.155. The maximum atomic E-state index is 11.6. The van der Waals surface area contributed by atoms with Gasteiger partial charge in [0.1, 0.15) is 11.4 Å². The molecule has 1 rings (SSSR count). The molecule has 0 radical (unpaired) electrons. The van der Waals surface area contributed by atoms with Crippen LogP contribution in [0, 0.1) is 0 Å². The van der Waals surface area contributed by atoms with Crippen molar-refractivity contribution in [3.63, 3.8) is 0 Å². The third-order valence-corrected chi connectivity index (χ3v) is 2.83. The van der Waals surface area contributed by atoms with E-state index in [2.05, 4.69) is 9.97 Å². The van der Waals surface area contributed by atoms with Gasteiger partial charge in [0, 0.05) is 24.8 Å². The van der Waals surface area contributed by atoms with E-state index in [1.165, 1.54) is 6.07 Å². The van der Waals surface area contributed by atoms with E-state index >= 15 is 0 Å². The second-order valence-electron chi connectivity index (χ2n) is 4.14. The van der Waals surface area contributed by atoms with Crippen molar-refractivity contribution in [2.45, 2.75) is 39.2 Å². The number of hydrogen-bond donors (Lipinski definition) is 2. The normalized spacial score (nSPS) is 14.6. The van der Waals surface area contributed by atoms with Gasteiger partial charge in [-0.15, -0.1) is 0 Å². The molecule has 5 heteroatoms. The van der Waals surface area contributed by atoms with E-state index < -0.39 is 5.60 Å². The predicted octanol–water partition coefficient (Wildman–Crippen LogP) is 0.933. The topological polar surface area (TPSA) is 81.0 Å². The average molecular weight is 239 g/mol. The van der Waals surface area contributed by atoms with Crippen molar-refractivity contribution in [2.75, 3.05) is 13.2 Å². The number of nitrogens with zero attached hydrogens (tertiary/aromatic N) is 1. The minimum Gasteiger partial charge on any atom is -0.368 e. The largest absolute Gasteiger partial charge is 0.368 e. The lowest BCUT2D eigenvalue weighted by Gasteiger charge is -2.27. The lowest BCUT2D eigenvalue weighted by molar-refractivity contribution is -0.0393. The summed E-state index contributed by atoms with van der Waals surface area (Å²) in [6.45, 7) is 6.92. The van der Waals surface area contributed by atoms with Crippen LogP contribution in [-0.2, 0) is 16.8 Å². The van der Waals surface area contributed by atoms with Gasteiger partial charge < -0.3 is 15.5 Å². The molecular weight excluding hydrogens is 218 g/mol. The summed E-state index contributed by atoms with van der Waals surface area (Å²) >= 11 is 0. The van der Waals surface area contributed by atoms with Crippen molar-refractivity contribution >= 4 is 0 Å². The van der Waals surface area contributed by atoms with E-state index in [1.54, 1.807) is 0 Å². The lowest BCUT2D eigenvalue weighted by atomic mass is 10.0. The first-order valence-corrected chi connectivity index (χ1v) is 6.00. The number of hydrogen-bond acceptors (Lipinski definition) is 4. The first-order valence-electron chi connectivity index (χ1n) is 6.00. The molecule has 0 aliphatic carbocycles. The lowest BCUT2D eigenvalue weighted by Crippen LogP contribution is -2.31. The fourth-order valence-electron chi connectivity index (χ4n) is 1.69. The van der Waals surface area contributed by atoms with Crippen molar-refractivity contribution in [1.82, 2.24) is 9.97 Å². The SMILES string of the molecule is CCOC(C)(CC)c1nc(CCN)cc(=O)[nH]1. The molecule has 1 heterocycles. The number of aromatic amines is 1. The maximum absolute atomic E-state index is 11.6. The summed E-state index contributed by atoms with van der Waals surface area (Å²) < 4.78 is 5.69. The maximum Gasteiger partial charge on any atom is 0.251 e. The van der Waals surface area contributed by atoms with Crippen LogP contribution in [-0.4, -0.2) is 23.1 Å². The summed E-state index contributed by atoms with van der Waals surface area (Å²) in [5, 5.41) is 0. The highest BCUT2D eigenvalue weighted by atomic mass is 16.5. The zero-order chi connectivity index (χ0) is 12.9. The van der Waals surface area contributed by atoms with Crippen LogP contribution in [0.4, 0.5) is 0 Å². The Labute approximate surface area is 101 Å². The molecule has 1 atom stereocenters. The van der Waals surface area contributed by atoms with Crippen LogP contribution in [0.5, 0.6) is 0 Å². The Morgan fingerprint density at radius 1 is 1.53 bits per heavy atom. The number of H-pyrrole nitrogens is 1. The van der Waals surface area contributed by atoms with Crippen LogP contribution in [0.25, 0.3) is 0 Å².